The Morgan fingerprint density at radius 3 is 2.36 bits per heavy atom. The molecule has 3 unspecified atom stereocenters. The van der Waals surface area contributed by atoms with E-state index in [2.05, 4.69) is 38.7 Å². The van der Waals surface area contributed by atoms with Crippen molar-refractivity contribution in [1.82, 2.24) is 14.7 Å². The van der Waals surface area contributed by atoms with Gasteiger partial charge in [0.05, 0.1) is 6.54 Å². The molecule has 2 fully saturated rings. The molecule has 2 amide bonds. The lowest BCUT2D eigenvalue weighted by atomic mass is 9.65. The quantitative estimate of drug-likeness (QED) is 0.515. The average molecular weight is 578 g/mol. The van der Waals surface area contributed by atoms with Gasteiger partial charge in [-0.05, 0) is 85.4 Å². The summed E-state index contributed by atoms with van der Waals surface area (Å²) in [4.78, 5) is 34.3. The molecule has 2 saturated heterocycles. The van der Waals surface area contributed by atoms with Gasteiger partial charge in [-0.3, -0.25) is 14.6 Å². The van der Waals surface area contributed by atoms with Crippen LogP contribution in [0.5, 0.6) is 11.5 Å². The number of ether oxygens (including phenoxy) is 1. The molecule has 0 saturated carbocycles. The van der Waals surface area contributed by atoms with E-state index in [0.717, 1.165) is 36.2 Å². The van der Waals surface area contributed by atoms with Gasteiger partial charge >= 0.3 is 6.09 Å². The fourth-order valence-electron chi connectivity index (χ4n) is 7.21. The molecule has 3 aliphatic rings. The van der Waals surface area contributed by atoms with Gasteiger partial charge in [0.15, 0.2) is 0 Å². The molecular weight excluding hydrogens is 530 g/mol. The van der Waals surface area contributed by atoms with Crippen LogP contribution >= 0.6 is 0 Å². The Balaban J connectivity index is 1.46. The van der Waals surface area contributed by atoms with E-state index < -0.39 is 17.7 Å². The van der Waals surface area contributed by atoms with Crippen molar-refractivity contribution < 1.29 is 24.5 Å². The lowest BCUT2D eigenvalue weighted by molar-refractivity contribution is -0.148. The topological polar surface area (TPSA) is 93.5 Å². The minimum absolute atomic E-state index is 0.0211. The number of hydrogen-bond acceptors (Lipinski definition) is 6. The summed E-state index contributed by atoms with van der Waals surface area (Å²) < 4.78 is 5.77. The van der Waals surface area contributed by atoms with E-state index in [1.165, 1.54) is 0 Å². The number of aromatic hydroxyl groups is 2. The van der Waals surface area contributed by atoms with Crippen LogP contribution in [-0.2, 0) is 27.9 Å². The highest BCUT2D eigenvalue weighted by atomic mass is 16.6. The van der Waals surface area contributed by atoms with Crippen molar-refractivity contribution in [2.75, 3.05) is 19.6 Å². The number of nitrogens with zero attached hydrogens (tertiary/aromatic N) is 3. The fourth-order valence-corrected chi connectivity index (χ4v) is 7.21. The normalized spacial score (nSPS) is 28.3. The molecule has 42 heavy (non-hydrogen) atoms. The van der Waals surface area contributed by atoms with Crippen LogP contribution in [-0.4, -0.2) is 80.3 Å². The van der Waals surface area contributed by atoms with Crippen molar-refractivity contribution >= 4 is 12.0 Å². The van der Waals surface area contributed by atoms with Gasteiger partial charge in [0.25, 0.3) is 0 Å². The van der Waals surface area contributed by atoms with E-state index in [1.54, 1.807) is 23.1 Å². The Morgan fingerprint density at radius 2 is 1.69 bits per heavy atom. The van der Waals surface area contributed by atoms with Crippen molar-refractivity contribution in [2.24, 2.45) is 11.8 Å². The van der Waals surface area contributed by atoms with Crippen LogP contribution in [0.25, 0.3) is 0 Å². The molecule has 0 aromatic heterocycles. The highest BCUT2D eigenvalue weighted by molar-refractivity contribution is 5.87. The Morgan fingerprint density at radius 1 is 0.976 bits per heavy atom. The molecule has 8 heteroatoms. The Hall–Kier alpha value is -3.26. The number of benzene rings is 2. The molecular formula is C34H47N3O5. The largest absolute Gasteiger partial charge is 0.508 e. The first-order valence-electron chi connectivity index (χ1n) is 15.3. The third-order valence-electron chi connectivity index (χ3n) is 9.79. The predicted molar refractivity (Wildman–Crippen MR) is 162 cm³/mol. The van der Waals surface area contributed by atoms with Crippen molar-refractivity contribution in [3.63, 3.8) is 0 Å². The van der Waals surface area contributed by atoms with Gasteiger partial charge in [-0.15, -0.1) is 0 Å². The van der Waals surface area contributed by atoms with Gasteiger partial charge in [-0.25, -0.2) is 4.79 Å². The maximum Gasteiger partial charge on any atom is 0.411 e. The number of rotatable bonds is 3. The summed E-state index contributed by atoms with van der Waals surface area (Å²) in [5, 5.41) is 20.4. The Labute approximate surface area is 250 Å². The molecule has 3 aliphatic heterocycles. The summed E-state index contributed by atoms with van der Waals surface area (Å²) in [6.45, 7) is 16.9. The molecule has 2 aromatic rings. The zero-order valence-electron chi connectivity index (χ0n) is 26.1. The number of amides is 2. The SMILES string of the molecule is CC(C)[C@H]1CN2CC(C)[C@](C)(c3cccc(O)c3)CC2CN1C(=O)C1Cc2ccc(O)cc2CN1C(=O)OC(C)(C)C. The second kappa shape index (κ2) is 11.1. The van der Waals surface area contributed by atoms with Gasteiger partial charge in [0, 0.05) is 38.1 Å². The van der Waals surface area contributed by atoms with E-state index in [4.69, 9.17) is 4.74 Å². The first kappa shape index (κ1) is 30.2. The average Bonchev–Trinajstić information content (AvgIpc) is 2.91. The molecule has 0 radical (unpaired) electrons. The molecule has 3 heterocycles. The number of fused-ring (bicyclic) bond motifs is 2. The standard InChI is InChI=1S/C34H47N3O5/c1-21(2)30-20-35-17-22(3)34(7,25-9-8-10-27(38)15-25)16-26(35)19-36(30)31(40)29-14-23-11-12-28(39)13-24(23)18-37(29)32(41)42-33(4,5)6/h8-13,15,21-22,26,29-30,38-39H,14,16-20H2,1-7H3/t22?,26?,29?,30-,34-/m1/s1. The minimum atomic E-state index is -0.703. The van der Waals surface area contributed by atoms with E-state index in [0.29, 0.717) is 18.9 Å². The van der Waals surface area contributed by atoms with Gasteiger partial charge in [0.1, 0.15) is 23.1 Å². The molecule has 5 rings (SSSR count). The van der Waals surface area contributed by atoms with Crippen molar-refractivity contribution in [2.45, 2.75) is 97.0 Å². The minimum Gasteiger partial charge on any atom is -0.508 e. The lowest BCUT2D eigenvalue weighted by Crippen LogP contribution is -2.68. The lowest BCUT2D eigenvalue weighted by Gasteiger charge is -2.56. The van der Waals surface area contributed by atoms with Crippen LogP contribution in [0.4, 0.5) is 4.79 Å². The van der Waals surface area contributed by atoms with E-state index >= 15 is 0 Å². The number of carbonyl (C=O) groups excluding carboxylic acids is 2. The highest BCUT2D eigenvalue weighted by Gasteiger charge is 2.49. The summed E-state index contributed by atoms with van der Waals surface area (Å²) in [6, 6.07) is 12.3. The van der Waals surface area contributed by atoms with E-state index in [1.807, 2.05) is 43.9 Å². The fraction of sp³-hybridized carbons (Fsp3) is 0.588. The summed E-state index contributed by atoms with van der Waals surface area (Å²) in [6.07, 6.45) is 0.730. The summed E-state index contributed by atoms with van der Waals surface area (Å²) in [5.41, 5.74) is 2.08. The smallest absolute Gasteiger partial charge is 0.411 e. The maximum atomic E-state index is 14.6. The molecule has 0 aliphatic carbocycles. The van der Waals surface area contributed by atoms with Crippen molar-refractivity contribution in [3.05, 3.63) is 59.2 Å². The molecule has 5 atom stereocenters. The highest BCUT2D eigenvalue weighted by Crippen LogP contribution is 2.44. The number of hydrogen-bond donors (Lipinski definition) is 2. The van der Waals surface area contributed by atoms with Crippen LogP contribution < -0.4 is 0 Å². The molecule has 2 aromatic carbocycles. The van der Waals surface area contributed by atoms with Gasteiger partial charge < -0.3 is 19.8 Å². The first-order valence-corrected chi connectivity index (χ1v) is 15.3. The molecule has 2 N–H and O–H groups in total. The summed E-state index contributed by atoms with van der Waals surface area (Å²) >= 11 is 0. The number of piperidine rings is 1. The summed E-state index contributed by atoms with van der Waals surface area (Å²) in [7, 11) is 0. The number of phenolic OH excluding ortho intramolecular Hbond substituents is 2. The van der Waals surface area contributed by atoms with Gasteiger partial charge in [-0.1, -0.05) is 45.9 Å². The zero-order valence-corrected chi connectivity index (χ0v) is 26.1. The zero-order chi connectivity index (χ0) is 30.6. The third kappa shape index (κ3) is 5.83. The number of phenols is 2. The molecule has 228 valence electrons. The molecule has 0 bridgehead atoms. The van der Waals surface area contributed by atoms with Crippen LogP contribution in [0.3, 0.4) is 0 Å². The first-order chi connectivity index (χ1) is 19.7. The van der Waals surface area contributed by atoms with E-state index in [-0.39, 0.29) is 47.4 Å². The van der Waals surface area contributed by atoms with Crippen molar-refractivity contribution in [3.8, 4) is 11.5 Å². The van der Waals surface area contributed by atoms with Gasteiger partial charge in [-0.2, -0.15) is 0 Å². The van der Waals surface area contributed by atoms with Crippen LogP contribution in [0.15, 0.2) is 42.5 Å². The van der Waals surface area contributed by atoms with Crippen LogP contribution in [0.1, 0.15) is 71.6 Å². The van der Waals surface area contributed by atoms with Crippen molar-refractivity contribution in [1.29, 1.82) is 0 Å². The molecule has 8 nitrogen and oxygen atoms in total. The summed E-state index contributed by atoms with van der Waals surface area (Å²) in [5.74, 6) is 0.985. The Bertz CT molecular complexity index is 1340. The predicted octanol–water partition coefficient (Wildman–Crippen LogP) is 5.29. The maximum absolute atomic E-state index is 14.6. The monoisotopic (exact) mass is 577 g/mol. The van der Waals surface area contributed by atoms with Crippen LogP contribution in [0.2, 0.25) is 0 Å². The van der Waals surface area contributed by atoms with E-state index in [9.17, 15) is 19.8 Å². The van der Waals surface area contributed by atoms with Crippen LogP contribution in [0, 0.1) is 11.8 Å². The number of piperazine rings is 1. The number of carbonyl (C=O) groups is 2. The molecule has 0 spiro atoms. The second-order valence-corrected chi connectivity index (χ2v) is 14.3. The second-order valence-electron chi connectivity index (χ2n) is 14.3. The Kier molecular flexibility index (Phi) is 7.98. The third-order valence-corrected chi connectivity index (χ3v) is 9.79. The van der Waals surface area contributed by atoms with Gasteiger partial charge in [0.2, 0.25) is 5.91 Å².